The number of para-hydroxylation sites is 4. The third-order valence-electron chi connectivity index (χ3n) is 10.2. The Morgan fingerprint density at radius 3 is 1.96 bits per heavy atom. The lowest BCUT2D eigenvalue weighted by Crippen LogP contribution is -2.18. The molecule has 4 heteroatoms. The fraction of sp³-hybridized carbons (Fsp3) is 0. The highest BCUT2D eigenvalue weighted by atomic mass is 15.2. The minimum absolute atomic E-state index is 0.813. The molecule has 0 N–H and O–H groups in total. The van der Waals surface area contributed by atoms with E-state index in [-0.39, 0.29) is 0 Å². The molecule has 0 fully saturated rings. The number of nitrogens with zero attached hydrogens (tertiary/aromatic N) is 4. The van der Waals surface area contributed by atoms with E-state index in [1.165, 1.54) is 49.0 Å². The lowest BCUT2D eigenvalue weighted by atomic mass is 9.89. The minimum Gasteiger partial charge on any atom is -0.309 e. The molecule has 50 heavy (non-hydrogen) atoms. The molecule has 0 radical (unpaired) electrons. The lowest BCUT2D eigenvalue weighted by molar-refractivity contribution is 1.17. The highest BCUT2D eigenvalue weighted by molar-refractivity contribution is 6.16. The van der Waals surface area contributed by atoms with Crippen molar-refractivity contribution >= 4 is 71.6 Å². The summed E-state index contributed by atoms with van der Waals surface area (Å²) < 4.78 is 2.35. The molecule has 0 bridgehead atoms. The zero-order chi connectivity index (χ0) is 32.8. The van der Waals surface area contributed by atoms with Crippen LogP contribution in [0.4, 0.5) is 17.2 Å². The Balaban J connectivity index is 1.23. The fourth-order valence-corrected chi connectivity index (χ4v) is 8.03. The average molecular weight is 637 g/mol. The van der Waals surface area contributed by atoms with Crippen LogP contribution in [-0.4, -0.2) is 14.5 Å². The third kappa shape index (κ3) is 3.87. The van der Waals surface area contributed by atoms with Gasteiger partial charge >= 0.3 is 0 Å². The third-order valence-corrected chi connectivity index (χ3v) is 10.2. The molecule has 0 aliphatic carbocycles. The number of hydrogen-bond acceptors (Lipinski definition) is 3. The van der Waals surface area contributed by atoms with Crippen LogP contribution in [0, 0.1) is 0 Å². The average Bonchev–Trinajstić information content (AvgIpc) is 3.51. The van der Waals surface area contributed by atoms with Gasteiger partial charge in [0.15, 0.2) is 5.82 Å². The summed E-state index contributed by atoms with van der Waals surface area (Å²) in [5, 5.41) is 7.22. The van der Waals surface area contributed by atoms with Gasteiger partial charge in [0.2, 0.25) is 0 Å². The van der Waals surface area contributed by atoms with Gasteiger partial charge < -0.3 is 4.57 Å². The number of hydrogen-bond donors (Lipinski definition) is 0. The first kappa shape index (κ1) is 27.2. The summed E-state index contributed by atoms with van der Waals surface area (Å²) in [4.78, 5) is 13.2. The van der Waals surface area contributed by atoms with Crippen LogP contribution in [0.1, 0.15) is 0 Å². The Bertz CT molecular complexity index is 2990. The van der Waals surface area contributed by atoms with E-state index in [9.17, 15) is 0 Å². The zero-order valence-corrected chi connectivity index (χ0v) is 27.0. The van der Waals surface area contributed by atoms with Crippen LogP contribution in [0.25, 0.3) is 82.5 Å². The van der Waals surface area contributed by atoms with Gasteiger partial charge in [-0.05, 0) is 82.4 Å². The van der Waals surface area contributed by atoms with Crippen LogP contribution < -0.4 is 4.90 Å². The molecule has 11 rings (SSSR count). The highest BCUT2D eigenvalue weighted by Gasteiger charge is 2.30. The van der Waals surface area contributed by atoms with Crippen LogP contribution in [-0.2, 0) is 0 Å². The standard InChI is InChI=1S/C46H28N4/c1-2-16-33(17-3-1)49-40-22-9-6-18-34(40)36-27-32(24-25-41(36)49)45-46(48-39-21-8-7-20-38(39)47-45)50-42-23-11-15-29-14-10-19-35(44(29)42)37-26-30-12-4-5-13-31(30)28-43(37)50/h1-28H. The predicted molar refractivity (Wildman–Crippen MR) is 208 cm³/mol. The van der Waals surface area contributed by atoms with Crippen molar-refractivity contribution in [3.8, 4) is 28.1 Å². The number of benzene rings is 8. The Hall–Kier alpha value is -6.78. The molecule has 1 aliphatic rings. The number of anilines is 3. The molecule has 0 saturated carbocycles. The maximum atomic E-state index is 5.47. The molecule has 0 unspecified atom stereocenters. The van der Waals surface area contributed by atoms with Gasteiger partial charge in [-0.2, -0.15) is 0 Å². The van der Waals surface area contributed by atoms with Crippen molar-refractivity contribution < 1.29 is 0 Å². The molecule has 10 aromatic rings. The van der Waals surface area contributed by atoms with Crippen LogP contribution in [0.2, 0.25) is 0 Å². The predicted octanol–water partition coefficient (Wildman–Crippen LogP) is 12.2. The Morgan fingerprint density at radius 1 is 0.420 bits per heavy atom. The van der Waals surface area contributed by atoms with Crippen LogP contribution in [0.15, 0.2) is 170 Å². The smallest absolute Gasteiger partial charge is 0.165 e. The lowest BCUT2D eigenvalue weighted by Gasteiger charge is -2.34. The minimum atomic E-state index is 0.813. The first-order chi connectivity index (χ1) is 24.8. The van der Waals surface area contributed by atoms with E-state index in [4.69, 9.17) is 9.97 Å². The maximum Gasteiger partial charge on any atom is 0.165 e. The summed E-state index contributed by atoms with van der Waals surface area (Å²) in [7, 11) is 0. The monoisotopic (exact) mass is 636 g/mol. The zero-order valence-electron chi connectivity index (χ0n) is 27.0. The molecule has 8 aromatic carbocycles. The summed E-state index contributed by atoms with van der Waals surface area (Å²) in [5.74, 6) is 0.813. The largest absolute Gasteiger partial charge is 0.309 e. The van der Waals surface area contributed by atoms with Gasteiger partial charge in [-0.3, -0.25) is 4.90 Å². The molecular formula is C46H28N4. The number of rotatable bonds is 3. The van der Waals surface area contributed by atoms with Gasteiger partial charge in [0, 0.05) is 33.0 Å². The Labute approximate surface area is 288 Å². The van der Waals surface area contributed by atoms with Crippen LogP contribution in [0.3, 0.4) is 0 Å². The molecule has 232 valence electrons. The van der Waals surface area contributed by atoms with E-state index in [0.29, 0.717) is 0 Å². The summed E-state index contributed by atoms with van der Waals surface area (Å²) in [5.41, 5.74) is 11.7. The van der Waals surface area contributed by atoms with E-state index in [2.05, 4.69) is 167 Å². The second kappa shape index (κ2) is 10.4. The summed E-state index contributed by atoms with van der Waals surface area (Å²) in [6.45, 7) is 0. The molecule has 2 aromatic heterocycles. The van der Waals surface area contributed by atoms with E-state index >= 15 is 0 Å². The first-order valence-corrected chi connectivity index (χ1v) is 17.0. The van der Waals surface area contributed by atoms with E-state index in [1.807, 2.05) is 12.1 Å². The molecule has 0 atom stereocenters. The van der Waals surface area contributed by atoms with E-state index in [1.54, 1.807) is 0 Å². The van der Waals surface area contributed by atoms with Gasteiger partial charge in [0.25, 0.3) is 0 Å². The van der Waals surface area contributed by atoms with Crippen molar-refractivity contribution in [3.05, 3.63) is 170 Å². The van der Waals surface area contributed by atoms with Crippen molar-refractivity contribution in [1.29, 1.82) is 0 Å². The van der Waals surface area contributed by atoms with Crippen molar-refractivity contribution in [3.63, 3.8) is 0 Å². The normalized spacial score (nSPS) is 12.4. The molecular weight excluding hydrogens is 609 g/mol. The van der Waals surface area contributed by atoms with Crippen molar-refractivity contribution in [1.82, 2.24) is 14.5 Å². The molecule has 0 spiro atoms. The van der Waals surface area contributed by atoms with Crippen molar-refractivity contribution in [2.75, 3.05) is 4.90 Å². The second-order valence-corrected chi connectivity index (χ2v) is 13.0. The van der Waals surface area contributed by atoms with Gasteiger partial charge in [-0.1, -0.05) is 109 Å². The van der Waals surface area contributed by atoms with Gasteiger partial charge in [0.1, 0.15) is 5.69 Å². The second-order valence-electron chi connectivity index (χ2n) is 13.0. The quantitative estimate of drug-likeness (QED) is 0.193. The van der Waals surface area contributed by atoms with E-state index in [0.717, 1.165) is 50.7 Å². The van der Waals surface area contributed by atoms with Crippen molar-refractivity contribution in [2.24, 2.45) is 0 Å². The SMILES string of the molecule is c1ccc(-n2c3ccccc3c3cc(-c4nc5ccccc5nc4N4c5cc6ccccc6cc5-c5cccc6cccc4c56)ccc32)cc1. The van der Waals surface area contributed by atoms with Crippen LogP contribution in [0.5, 0.6) is 0 Å². The molecule has 1 aliphatic heterocycles. The van der Waals surface area contributed by atoms with Gasteiger partial charge in [0.05, 0.1) is 33.4 Å². The Morgan fingerprint density at radius 2 is 1.10 bits per heavy atom. The summed E-state index contributed by atoms with van der Waals surface area (Å²) in [6.07, 6.45) is 0. The molecule has 3 heterocycles. The van der Waals surface area contributed by atoms with Crippen LogP contribution >= 0.6 is 0 Å². The fourth-order valence-electron chi connectivity index (χ4n) is 8.03. The topological polar surface area (TPSA) is 34.0 Å². The summed E-state index contributed by atoms with van der Waals surface area (Å²) in [6, 6.07) is 60.7. The Kier molecular flexibility index (Phi) is 5.63. The maximum absolute atomic E-state index is 5.47. The highest BCUT2D eigenvalue weighted by Crippen LogP contribution is 2.53. The van der Waals surface area contributed by atoms with Gasteiger partial charge in [-0.25, -0.2) is 9.97 Å². The first-order valence-electron chi connectivity index (χ1n) is 17.0. The molecule has 4 nitrogen and oxygen atoms in total. The van der Waals surface area contributed by atoms with E-state index < -0.39 is 0 Å². The number of fused-ring (bicyclic) bond motifs is 7. The molecule has 0 amide bonds. The van der Waals surface area contributed by atoms with Crippen molar-refractivity contribution in [2.45, 2.75) is 0 Å². The van der Waals surface area contributed by atoms with Gasteiger partial charge in [-0.15, -0.1) is 0 Å². The molecule has 0 saturated heterocycles. The number of aromatic nitrogens is 3. The summed E-state index contributed by atoms with van der Waals surface area (Å²) >= 11 is 0.